The van der Waals surface area contributed by atoms with E-state index in [4.69, 9.17) is 4.98 Å². The first-order chi connectivity index (χ1) is 19.3. The summed E-state index contributed by atoms with van der Waals surface area (Å²) in [7, 11) is 0. The molecule has 1 aromatic carbocycles. The van der Waals surface area contributed by atoms with Crippen molar-refractivity contribution in [2.24, 2.45) is 0 Å². The molecule has 0 aliphatic carbocycles. The van der Waals surface area contributed by atoms with Crippen molar-refractivity contribution in [2.45, 2.75) is 43.1 Å². The lowest BCUT2D eigenvalue weighted by atomic mass is 9.73. The summed E-state index contributed by atoms with van der Waals surface area (Å²) < 4.78 is 58.4. The molecule has 2 aromatic heterocycles. The van der Waals surface area contributed by atoms with Crippen LogP contribution in [0.25, 0.3) is 6.08 Å². The molecule has 0 radical (unpaired) electrons. The molecular formula is C28H27F4N7O. The summed E-state index contributed by atoms with van der Waals surface area (Å²) in [6.07, 6.45) is 8.51. The summed E-state index contributed by atoms with van der Waals surface area (Å²) in [6, 6.07) is 10.4. The van der Waals surface area contributed by atoms with E-state index in [9.17, 15) is 22.8 Å². The van der Waals surface area contributed by atoms with Gasteiger partial charge in [-0.25, -0.2) is 13.8 Å². The van der Waals surface area contributed by atoms with Crippen LogP contribution < -0.4 is 20.3 Å². The van der Waals surface area contributed by atoms with Gasteiger partial charge in [0, 0.05) is 37.4 Å². The van der Waals surface area contributed by atoms with Crippen LogP contribution in [0, 0.1) is 17.1 Å². The number of halogens is 4. The number of pyridine rings is 1. The molecule has 3 fully saturated rings. The average Bonchev–Trinajstić information content (AvgIpc) is 3.35. The Hall–Kier alpha value is -3.95. The number of hydrogen-bond acceptors (Lipinski definition) is 7. The van der Waals surface area contributed by atoms with Gasteiger partial charge in [0.2, 0.25) is 0 Å². The fourth-order valence-electron chi connectivity index (χ4n) is 6.19. The first-order valence-corrected chi connectivity index (χ1v) is 13.0. The molecule has 2 bridgehead atoms. The number of benzene rings is 1. The molecule has 208 valence electrons. The Balaban J connectivity index is 1.19. The van der Waals surface area contributed by atoms with Gasteiger partial charge in [0.15, 0.2) is 11.6 Å². The van der Waals surface area contributed by atoms with E-state index >= 15 is 0 Å². The summed E-state index contributed by atoms with van der Waals surface area (Å²) >= 11 is 0. The lowest BCUT2D eigenvalue weighted by Gasteiger charge is -2.58. The Bertz CT molecular complexity index is 1460. The fourth-order valence-corrected chi connectivity index (χ4v) is 6.19. The molecule has 3 unspecified atom stereocenters. The molecule has 7 rings (SSSR count). The lowest BCUT2D eigenvalue weighted by molar-refractivity contribution is -0.0522. The fraction of sp³-hybridized carbons (Fsp3) is 0.393. The van der Waals surface area contributed by atoms with Gasteiger partial charge in [0.05, 0.1) is 29.5 Å². The third-order valence-electron chi connectivity index (χ3n) is 7.88. The van der Waals surface area contributed by atoms with Gasteiger partial charge in [-0.15, -0.1) is 0 Å². The molecule has 2 N–H and O–H groups in total. The van der Waals surface area contributed by atoms with Gasteiger partial charge >= 0.3 is 6.61 Å². The highest BCUT2D eigenvalue weighted by atomic mass is 19.3. The number of hydrogen-bond donors (Lipinski definition) is 2. The molecule has 0 spiro atoms. The smallest absolute Gasteiger partial charge is 0.387 e. The predicted octanol–water partition coefficient (Wildman–Crippen LogP) is 3.54. The molecule has 4 aliphatic heterocycles. The van der Waals surface area contributed by atoms with Crippen molar-refractivity contribution >= 4 is 11.9 Å². The first kappa shape index (κ1) is 26.3. The first-order valence-electron chi connectivity index (χ1n) is 13.0. The average molecular weight is 554 g/mol. The summed E-state index contributed by atoms with van der Waals surface area (Å²) in [6.45, 7) is -1.67. The molecule has 8 nitrogen and oxygen atoms in total. The molecule has 0 amide bonds. The van der Waals surface area contributed by atoms with Crippen LogP contribution in [0.15, 0.2) is 48.8 Å². The Morgan fingerprint density at radius 3 is 2.77 bits per heavy atom. The maximum Gasteiger partial charge on any atom is 0.387 e. The van der Waals surface area contributed by atoms with Crippen LogP contribution in [-0.2, 0) is 18.5 Å². The van der Waals surface area contributed by atoms with Crippen LogP contribution in [0.4, 0.5) is 23.4 Å². The minimum absolute atomic E-state index is 0.144. The molecule has 3 atom stereocenters. The van der Waals surface area contributed by atoms with Crippen molar-refractivity contribution in [3.63, 3.8) is 0 Å². The van der Waals surface area contributed by atoms with Gasteiger partial charge in [0.25, 0.3) is 0 Å². The van der Waals surface area contributed by atoms with E-state index in [2.05, 4.69) is 31.4 Å². The van der Waals surface area contributed by atoms with E-state index in [-0.39, 0.29) is 18.1 Å². The number of piperidine rings is 1. The number of anilines is 1. The van der Waals surface area contributed by atoms with Gasteiger partial charge in [0.1, 0.15) is 18.6 Å². The highest BCUT2D eigenvalue weighted by Crippen LogP contribution is 2.38. The van der Waals surface area contributed by atoms with Crippen molar-refractivity contribution in [2.75, 3.05) is 31.2 Å². The summed E-state index contributed by atoms with van der Waals surface area (Å²) in [5.41, 5.74) is 1.71. The van der Waals surface area contributed by atoms with E-state index in [0.717, 1.165) is 24.3 Å². The Kier molecular flexibility index (Phi) is 6.72. The van der Waals surface area contributed by atoms with Gasteiger partial charge in [-0.05, 0) is 48.2 Å². The molecule has 4 aliphatic rings. The molecule has 3 saturated heterocycles. The van der Waals surface area contributed by atoms with E-state index in [1.54, 1.807) is 16.9 Å². The number of rotatable bonds is 9. The minimum Gasteiger partial charge on any atom is -0.432 e. The highest BCUT2D eigenvalue weighted by Gasteiger charge is 2.49. The van der Waals surface area contributed by atoms with Crippen LogP contribution in [0.3, 0.4) is 0 Å². The van der Waals surface area contributed by atoms with Gasteiger partial charge in [-0.2, -0.15) is 19.1 Å². The number of nitriles is 1. The summed E-state index contributed by atoms with van der Waals surface area (Å²) in [4.78, 5) is 6.94. The monoisotopic (exact) mass is 553 g/mol. The number of nitrogens with one attached hydrogen (secondary N) is 2. The van der Waals surface area contributed by atoms with Crippen molar-refractivity contribution in [1.82, 2.24) is 25.4 Å². The second-order valence-electron chi connectivity index (χ2n) is 10.6. The zero-order chi connectivity index (χ0) is 27.9. The van der Waals surface area contributed by atoms with Crippen molar-refractivity contribution in [3.8, 4) is 11.8 Å². The van der Waals surface area contributed by atoms with Crippen LogP contribution in [0.2, 0.25) is 0 Å². The Morgan fingerprint density at radius 2 is 2.08 bits per heavy atom. The normalized spacial score (nSPS) is 24.9. The van der Waals surface area contributed by atoms with Crippen LogP contribution in [0.5, 0.6) is 5.75 Å². The molecular weight excluding hydrogens is 526 g/mol. The molecule has 3 aromatic rings. The second-order valence-corrected chi connectivity index (χ2v) is 10.6. The molecule has 0 saturated carbocycles. The van der Waals surface area contributed by atoms with Gasteiger partial charge < -0.3 is 15.0 Å². The maximum atomic E-state index is 14.3. The Morgan fingerprint density at radius 1 is 1.23 bits per heavy atom. The number of nitrogens with zero attached hydrogens (tertiary/aromatic N) is 5. The van der Waals surface area contributed by atoms with Crippen molar-refractivity contribution in [1.29, 1.82) is 5.26 Å². The molecule has 40 heavy (non-hydrogen) atoms. The van der Waals surface area contributed by atoms with Crippen LogP contribution in [0.1, 0.15) is 28.8 Å². The van der Waals surface area contributed by atoms with Crippen LogP contribution >= 0.6 is 0 Å². The number of alkyl halides is 3. The molecule has 12 heteroatoms. The van der Waals surface area contributed by atoms with Crippen molar-refractivity contribution < 1.29 is 22.3 Å². The topological polar surface area (TPSA) is 91.0 Å². The van der Waals surface area contributed by atoms with Gasteiger partial charge in [-0.1, -0.05) is 18.2 Å². The van der Waals surface area contributed by atoms with E-state index in [1.165, 1.54) is 18.3 Å². The Labute approximate surface area is 228 Å². The number of piperazine rings is 1. The van der Waals surface area contributed by atoms with E-state index in [0.29, 0.717) is 36.3 Å². The lowest BCUT2D eigenvalue weighted by Crippen LogP contribution is -2.76. The third kappa shape index (κ3) is 4.80. The standard InChI is InChI=1S/C28H27F4N7O/c29-7-8-35-28(6-5-23-19(12-33)13-36-39(23)17-28)20-2-4-25(34-14-20)38-15-21-11-27(16-38,37-21)10-18-1-3-24(22(30)9-18)40-26(31)32/h1-6,9,13-14,21,26,35,37H,7-8,10-11,15-17H2. The minimum atomic E-state index is -3.08. The summed E-state index contributed by atoms with van der Waals surface area (Å²) in [5.74, 6) is -0.488. The third-order valence-corrected chi connectivity index (χ3v) is 7.88. The maximum absolute atomic E-state index is 14.3. The zero-order valence-electron chi connectivity index (χ0n) is 21.5. The largest absolute Gasteiger partial charge is 0.432 e. The number of ether oxygens (including phenoxy) is 1. The van der Waals surface area contributed by atoms with Gasteiger partial charge in [-0.3, -0.25) is 10.00 Å². The van der Waals surface area contributed by atoms with E-state index in [1.807, 2.05) is 24.3 Å². The predicted molar refractivity (Wildman–Crippen MR) is 139 cm³/mol. The molecule has 6 heterocycles. The van der Waals surface area contributed by atoms with Crippen molar-refractivity contribution in [3.05, 3.63) is 77.0 Å². The number of aromatic nitrogens is 3. The summed E-state index contributed by atoms with van der Waals surface area (Å²) in [5, 5.41) is 20.5. The van der Waals surface area contributed by atoms with E-state index < -0.39 is 30.4 Å². The quantitative estimate of drug-likeness (QED) is 0.392. The van der Waals surface area contributed by atoms with Crippen LogP contribution in [-0.4, -0.2) is 59.3 Å². The second kappa shape index (κ2) is 10.2. The SMILES string of the molecule is N#Cc1cnn2c1C=CC(NCCF)(c1ccc(N3CC4CC(Cc5ccc(OC(F)F)c(F)c5)(C3)N4)nc1)C2. The number of fused-ring (bicyclic) bond motifs is 3. The zero-order valence-corrected chi connectivity index (χ0v) is 21.5. The highest BCUT2D eigenvalue weighted by molar-refractivity contribution is 5.58.